The minimum Gasteiger partial charge on any atom is -0.461 e. The van der Waals surface area contributed by atoms with Crippen molar-refractivity contribution in [1.82, 2.24) is 0 Å². The summed E-state index contributed by atoms with van der Waals surface area (Å²) in [5.41, 5.74) is 6.77. The molecule has 0 aliphatic heterocycles. The van der Waals surface area contributed by atoms with E-state index in [1.54, 1.807) is 0 Å². The number of nitrogens with two attached hydrogens (primary N) is 1. The number of ether oxygens (including phenoxy) is 1. The highest BCUT2D eigenvalue weighted by Crippen LogP contribution is 2.25. The van der Waals surface area contributed by atoms with Gasteiger partial charge in [-0.2, -0.15) is 0 Å². The second kappa shape index (κ2) is 7.44. The molecule has 0 aromatic rings. The molecule has 3 nitrogen and oxygen atoms in total. The monoisotopic (exact) mass is 225 g/mol. The molecule has 0 aromatic carbocycles. The van der Waals surface area contributed by atoms with E-state index in [9.17, 15) is 4.79 Å². The molecular weight excluding hydrogens is 202 g/mol. The molecule has 0 spiro atoms. The second-order valence-electron chi connectivity index (χ2n) is 4.40. The molecule has 0 radical (unpaired) electrons. The zero-order valence-corrected chi connectivity index (χ0v) is 10.2. The first-order chi connectivity index (χ1) is 7.76. The number of unbranched alkanes of at least 4 members (excludes halogenated alkanes) is 1. The van der Waals surface area contributed by atoms with Gasteiger partial charge in [-0.15, -0.1) is 0 Å². The number of hydrogen-bond acceptors (Lipinski definition) is 3. The van der Waals surface area contributed by atoms with Crippen molar-refractivity contribution >= 4 is 5.97 Å². The van der Waals surface area contributed by atoms with E-state index in [1.807, 2.05) is 0 Å². The molecule has 0 heterocycles. The maximum Gasteiger partial charge on any atom is 0.319 e. The smallest absolute Gasteiger partial charge is 0.319 e. The molecule has 1 aliphatic rings. The van der Waals surface area contributed by atoms with Crippen LogP contribution in [0.4, 0.5) is 0 Å². The molecule has 1 unspecified atom stereocenters. The van der Waals surface area contributed by atoms with E-state index in [0.717, 1.165) is 32.1 Å². The van der Waals surface area contributed by atoms with Crippen molar-refractivity contribution in [1.29, 1.82) is 0 Å². The summed E-state index contributed by atoms with van der Waals surface area (Å²) in [6, 6.07) is 0. The van der Waals surface area contributed by atoms with Gasteiger partial charge in [0.25, 0.3) is 0 Å². The summed E-state index contributed by atoms with van der Waals surface area (Å²) in [5.74, 6) is -0.272. The van der Waals surface area contributed by atoms with Gasteiger partial charge in [-0.05, 0) is 38.5 Å². The fraction of sp³-hybridized carbons (Fsp3) is 0.769. The van der Waals surface area contributed by atoms with Crippen molar-refractivity contribution in [2.45, 2.75) is 58.0 Å². The minimum atomic E-state index is -0.272. The third-order valence-corrected chi connectivity index (χ3v) is 3.00. The molecule has 1 aliphatic carbocycles. The van der Waals surface area contributed by atoms with Crippen molar-refractivity contribution in [2.24, 2.45) is 5.73 Å². The summed E-state index contributed by atoms with van der Waals surface area (Å²) in [7, 11) is 0. The van der Waals surface area contributed by atoms with E-state index < -0.39 is 0 Å². The van der Waals surface area contributed by atoms with Crippen molar-refractivity contribution in [3.05, 3.63) is 11.6 Å². The maximum atomic E-state index is 11.1. The highest BCUT2D eigenvalue weighted by atomic mass is 16.5. The molecule has 2 N–H and O–H groups in total. The van der Waals surface area contributed by atoms with Crippen molar-refractivity contribution in [3.8, 4) is 0 Å². The lowest BCUT2D eigenvalue weighted by atomic mass is 10.1. The Hall–Kier alpha value is -0.830. The Morgan fingerprint density at radius 1 is 1.50 bits per heavy atom. The van der Waals surface area contributed by atoms with Crippen LogP contribution in [0.3, 0.4) is 0 Å². The first kappa shape index (κ1) is 13.2. The average Bonchev–Trinajstić information content (AvgIpc) is 2.52. The number of carbonyl (C=O) groups is 1. The first-order valence-corrected chi connectivity index (χ1v) is 6.33. The van der Waals surface area contributed by atoms with E-state index >= 15 is 0 Å². The van der Waals surface area contributed by atoms with Crippen LogP contribution in [0.15, 0.2) is 11.6 Å². The standard InChI is InChI=1S/C13H23NO2/c1-2-3-5-11-6-4-7-12(9-8-11)16-13(15)10-14/h5,12H,2-4,6-10,14H2,1H3/b11-5-. The number of esters is 1. The lowest BCUT2D eigenvalue weighted by molar-refractivity contribution is -0.147. The van der Waals surface area contributed by atoms with Gasteiger partial charge in [0.05, 0.1) is 6.54 Å². The maximum absolute atomic E-state index is 11.1. The zero-order chi connectivity index (χ0) is 11.8. The van der Waals surface area contributed by atoms with E-state index in [0.29, 0.717) is 0 Å². The molecule has 0 saturated heterocycles. The van der Waals surface area contributed by atoms with Crippen LogP contribution in [0.2, 0.25) is 0 Å². The van der Waals surface area contributed by atoms with Gasteiger partial charge in [0.1, 0.15) is 6.10 Å². The average molecular weight is 225 g/mol. The molecule has 1 saturated carbocycles. The van der Waals surface area contributed by atoms with Crippen LogP contribution in [0.25, 0.3) is 0 Å². The third kappa shape index (κ3) is 4.79. The van der Waals surface area contributed by atoms with Gasteiger partial charge < -0.3 is 10.5 Å². The van der Waals surface area contributed by atoms with E-state index in [-0.39, 0.29) is 18.6 Å². The van der Waals surface area contributed by atoms with Crippen LogP contribution in [0.1, 0.15) is 51.9 Å². The highest BCUT2D eigenvalue weighted by Gasteiger charge is 2.17. The zero-order valence-electron chi connectivity index (χ0n) is 10.2. The van der Waals surface area contributed by atoms with Crippen LogP contribution in [0, 0.1) is 0 Å². The molecule has 0 aromatic heterocycles. The minimum absolute atomic E-state index is 0.00493. The van der Waals surface area contributed by atoms with Crippen molar-refractivity contribution < 1.29 is 9.53 Å². The molecule has 1 fully saturated rings. The fourth-order valence-electron chi connectivity index (χ4n) is 2.08. The molecule has 92 valence electrons. The van der Waals surface area contributed by atoms with Crippen molar-refractivity contribution in [2.75, 3.05) is 6.54 Å². The van der Waals surface area contributed by atoms with Gasteiger partial charge >= 0.3 is 5.97 Å². The number of allylic oxidation sites excluding steroid dienone is 2. The summed E-state index contributed by atoms with van der Waals surface area (Å²) in [4.78, 5) is 11.1. The predicted octanol–water partition coefficient (Wildman–Crippen LogP) is 2.55. The van der Waals surface area contributed by atoms with Gasteiger partial charge in [0.15, 0.2) is 0 Å². The summed E-state index contributed by atoms with van der Waals surface area (Å²) in [5, 5.41) is 0. The second-order valence-corrected chi connectivity index (χ2v) is 4.40. The number of carbonyl (C=O) groups excluding carboxylic acids is 1. The van der Waals surface area contributed by atoms with Gasteiger partial charge in [0, 0.05) is 0 Å². The molecule has 1 rings (SSSR count). The Bertz CT molecular complexity index is 248. The van der Waals surface area contributed by atoms with Crippen LogP contribution in [-0.4, -0.2) is 18.6 Å². The van der Waals surface area contributed by atoms with E-state index in [2.05, 4.69) is 13.0 Å². The third-order valence-electron chi connectivity index (χ3n) is 3.00. The van der Waals surface area contributed by atoms with Crippen LogP contribution < -0.4 is 5.73 Å². The van der Waals surface area contributed by atoms with Gasteiger partial charge in [0.2, 0.25) is 0 Å². The Balaban J connectivity index is 2.37. The fourth-order valence-corrected chi connectivity index (χ4v) is 2.08. The molecule has 3 heteroatoms. The van der Waals surface area contributed by atoms with E-state index in [4.69, 9.17) is 10.5 Å². The number of hydrogen-bond donors (Lipinski definition) is 1. The molecule has 1 atom stereocenters. The lowest BCUT2D eigenvalue weighted by Gasteiger charge is -2.14. The van der Waals surface area contributed by atoms with Crippen molar-refractivity contribution in [3.63, 3.8) is 0 Å². The first-order valence-electron chi connectivity index (χ1n) is 6.33. The largest absolute Gasteiger partial charge is 0.461 e. The highest BCUT2D eigenvalue weighted by molar-refractivity contribution is 5.71. The predicted molar refractivity (Wildman–Crippen MR) is 65.0 cm³/mol. The molecule has 0 amide bonds. The summed E-state index contributed by atoms with van der Waals surface area (Å²) in [6.07, 6.45) is 10.1. The SMILES string of the molecule is CCC/C=C1/CCCC(OC(=O)CN)CC1. The Morgan fingerprint density at radius 3 is 3.00 bits per heavy atom. The van der Waals surface area contributed by atoms with Gasteiger partial charge in [-0.1, -0.05) is 25.0 Å². The van der Waals surface area contributed by atoms with Gasteiger partial charge in [-0.25, -0.2) is 0 Å². The Labute approximate surface area is 98.0 Å². The summed E-state index contributed by atoms with van der Waals surface area (Å²) < 4.78 is 5.28. The van der Waals surface area contributed by atoms with Gasteiger partial charge in [-0.3, -0.25) is 4.79 Å². The lowest BCUT2D eigenvalue weighted by Crippen LogP contribution is -2.23. The van der Waals surface area contributed by atoms with Crippen LogP contribution in [0.5, 0.6) is 0 Å². The topological polar surface area (TPSA) is 52.3 Å². The van der Waals surface area contributed by atoms with Crippen LogP contribution in [-0.2, 0) is 9.53 Å². The molecular formula is C13H23NO2. The van der Waals surface area contributed by atoms with E-state index in [1.165, 1.54) is 18.4 Å². The summed E-state index contributed by atoms with van der Waals surface area (Å²) in [6.45, 7) is 2.19. The molecule has 16 heavy (non-hydrogen) atoms. The number of rotatable bonds is 4. The molecule has 0 bridgehead atoms. The Kier molecular flexibility index (Phi) is 6.16. The quantitative estimate of drug-likeness (QED) is 0.454. The summed E-state index contributed by atoms with van der Waals surface area (Å²) >= 11 is 0. The van der Waals surface area contributed by atoms with Crippen LogP contribution >= 0.6 is 0 Å². The Morgan fingerprint density at radius 2 is 2.31 bits per heavy atom. The normalized spacial score (nSPS) is 24.1.